The fourth-order valence-electron chi connectivity index (χ4n) is 5.93. The normalized spacial score (nSPS) is 14.6. The minimum atomic E-state index is -0.0157. The molecule has 0 bridgehead atoms. The third-order valence-electron chi connectivity index (χ3n) is 8.10. The van der Waals surface area contributed by atoms with Gasteiger partial charge >= 0.3 is 5.69 Å². The molecule has 1 fully saturated rings. The number of piperidine rings is 1. The van der Waals surface area contributed by atoms with Gasteiger partial charge in [0.05, 0.1) is 44.8 Å². The molecule has 0 aliphatic carbocycles. The van der Waals surface area contributed by atoms with E-state index in [0.29, 0.717) is 22.4 Å². The molecule has 1 aliphatic heterocycles. The van der Waals surface area contributed by atoms with E-state index in [4.69, 9.17) is 21.4 Å². The van der Waals surface area contributed by atoms with Crippen LogP contribution in [0.1, 0.15) is 24.4 Å². The van der Waals surface area contributed by atoms with Gasteiger partial charge < -0.3 is 16.5 Å². The summed E-state index contributed by atoms with van der Waals surface area (Å²) >= 11 is 0. The van der Waals surface area contributed by atoms with Crippen molar-refractivity contribution in [1.29, 1.82) is 0 Å². The predicted octanol–water partition coefficient (Wildman–Crippen LogP) is 5.61. The first-order valence-corrected chi connectivity index (χ1v) is 14.0. The van der Waals surface area contributed by atoms with E-state index in [9.17, 15) is 4.79 Å². The molecule has 204 valence electrons. The lowest BCUT2D eigenvalue weighted by molar-refractivity contribution is 0.180. The van der Waals surface area contributed by atoms with Crippen LogP contribution in [-0.2, 0) is 6.54 Å². The molecular weight excluding hydrogens is 510 g/mol. The van der Waals surface area contributed by atoms with Gasteiger partial charge in [-0.15, -0.1) is 0 Å². The van der Waals surface area contributed by atoms with Gasteiger partial charge in [0.15, 0.2) is 0 Å². The number of benzene rings is 4. The standard InChI is InChI=1S/C33H31N7O/c34-25-18-28-29(19-26(25)35)37-32(31(36-28)22-6-2-1-3-7-22)23-12-10-21(11-13-23)20-39-16-14-24(15-17-39)40-30-9-5-4-8-27(30)38-33(40)41/h1-13,18-19,24H,14-17,20,34-35H2,(H,38,41). The largest absolute Gasteiger partial charge is 0.397 e. The first kappa shape index (κ1) is 25.0. The fraction of sp³-hybridized carbons (Fsp3) is 0.182. The van der Waals surface area contributed by atoms with E-state index in [1.54, 1.807) is 12.1 Å². The summed E-state index contributed by atoms with van der Waals surface area (Å²) in [5, 5.41) is 0. The van der Waals surface area contributed by atoms with Crippen LogP contribution in [0.4, 0.5) is 11.4 Å². The molecule has 0 saturated carbocycles. The maximum atomic E-state index is 12.7. The van der Waals surface area contributed by atoms with Crippen molar-refractivity contribution < 1.29 is 0 Å². The average molecular weight is 542 g/mol. The number of anilines is 2. The molecule has 4 aromatic carbocycles. The number of rotatable bonds is 5. The third kappa shape index (κ3) is 4.72. The molecule has 3 heterocycles. The van der Waals surface area contributed by atoms with Crippen molar-refractivity contribution in [3.05, 3.63) is 107 Å². The van der Waals surface area contributed by atoms with Gasteiger partial charge in [-0.25, -0.2) is 14.8 Å². The minimum absolute atomic E-state index is 0.0157. The van der Waals surface area contributed by atoms with Crippen molar-refractivity contribution in [2.45, 2.75) is 25.4 Å². The van der Waals surface area contributed by atoms with Crippen LogP contribution in [0, 0.1) is 0 Å². The van der Waals surface area contributed by atoms with Crippen molar-refractivity contribution in [3.8, 4) is 22.5 Å². The summed E-state index contributed by atoms with van der Waals surface area (Å²) in [4.78, 5) is 28.1. The number of nitrogens with one attached hydrogen (secondary N) is 1. The smallest absolute Gasteiger partial charge is 0.326 e. The lowest BCUT2D eigenvalue weighted by Gasteiger charge is -2.32. The van der Waals surface area contributed by atoms with Crippen molar-refractivity contribution in [3.63, 3.8) is 0 Å². The number of H-pyrrole nitrogens is 1. The molecule has 0 spiro atoms. The van der Waals surface area contributed by atoms with Crippen LogP contribution in [0.15, 0.2) is 95.8 Å². The van der Waals surface area contributed by atoms with Gasteiger partial charge in [0.25, 0.3) is 0 Å². The Hall–Kier alpha value is -4.95. The molecule has 1 aliphatic rings. The highest BCUT2D eigenvalue weighted by molar-refractivity contribution is 5.90. The summed E-state index contributed by atoms with van der Waals surface area (Å²) < 4.78 is 1.94. The number of hydrogen-bond donors (Lipinski definition) is 3. The highest BCUT2D eigenvalue weighted by atomic mass is 16.1. The number of imidazole rings is 1. The Morgan fingerprint density at radius 1 is 0.756 bits per heavy atom. The highest BCUT2D eigenvalue weighted by Gasteiger charge is 2.23. The van der Waals surface area contributed by atoms with Crippen LogP contribution < -0.4 is 17.2 Å². The van der Waals surface area contributed by atoms with Crippen LogP contribution in [-0.4, -0.2) is 37.5 Å². The number of hydrogen-bond acceptors (Lipinski definition) is 6. The molecule has 6 aromatic rings. The highest BCUT2D eigenvalue weighted by Crippen LogP contribution is 2.33. The molecule has 41 heavy (non-hydrogen) atoms. The number of fused-ring (bicyclic) bond motifs is 2. The Balaban J connectivity index is 1.12. The predicted molar refractivity (Wildman–Crippen MR) is 165 cm³/mol. The van der Waals surface area contributed by atoms with Crippen LogP contribution in [0.25, 0.3) is 44.6 Å². The van der Waals surface area contributed by atoms with Crippen LogP contribution in [0.3, 0.4) is 0 Å². The molecule has 8 heteroatoms. The number of nitrogens with zero attached hydrogens (tertiary/aromatic N) is 4. The average Bonchev–Trinajstić information content (AvgIpc) is 3.34. The van der Waals surface area contributed by atoms with E-state index >= 15 is 0 Å². The second-order valence-corrected chi connectivity index (χ2v) is 10.8. The Kier molecular flexibility index (Phi) is 6.24. The number of nitrogen functional groups attached to an aromatic ring is 2. The lowest BCUT2D eigenvalue weighted by atomic mass is 10.0. The second kappa shape index (κ2) is 10.2. The molecule has 7 rings (SSSR count). The summed E-state index contributed by atoms with van der Waals surface area (Å²) in [6.07, 6.45) is 1.89. The van der Waals surface area contributed by atoms with Gasteiger partial charge in [-0.3, -0.25) is 9.47 Å². The van der Waals surface area contributed by atoms with E-state index in [1.165, 1.54) is 5.56 Å². The first-order valence-electron chi connectivity index (χ1n) is 14.0. The topological polar surface area (TPSA) is 119 Å². The maximum Gasteiger partial charge on any atom is 0.326 e. The Morgan fingerprint density at radius 3 is 2.00 bits per heavy atom. The fourth-order valence-corrected chi connectivity index (χ4v) is 5.93. The molecular formula is C33H31N7O. The molecule has 0 unspecified atom stereocenters. The van der Waals surface area contributed by atoms with E-state index in [2.05, 4.69) is 34.1 Å². The Bertz CT molecular complexity index is 1920. The second-order valence-electron chi connectivity index (χ2n) is 10.8. The van der Waals surface area contributed by atoms with Crippen molar-refractivity contribution in [2.75, 3.05) is 24.6 Å². The van der Waals surface area contributed by atoms with Crippen molar-refractivity contribution in [2.24, 2.45) is 0 Å². The van der Waals surface area contributed by atoms with Crippen LogP contribution in [0.5, 0.6) is 0 Å². The lowest BCUT2D eigenvalue weighted by Crippen LogP contribution is -2.36. The first-order chi connectivity index (χ1) is 20.0. The zero-order valence-corrected chi connectivity index (χ0v) is 22.6. The minimum Gasteiger partial charge on any atom is -0.397 e. The molecule has 2 aromatic heterocycles. The summed E-state index contributed by atoms with van der Waals surface area (Å²) in [5.41, 5.74) is 21.3. The Morgan fingerprint density at radius 2 is 1.34 bits per heavy atom. The van der Waals surface area contributed by atoms with Gasteiger partial charge in [0.2, 0.25) is 0 Å². The summed E-state index contributed by atoms with van der Waals surface area (Å²) in [6, 6.07) is 30.4. The van der Waals surface area contributed by atoms with Gasteiger partial charge in [-0.1, -0.05) is 66.7 Å². The maximum absolute atomic E-state index is 12.7. The molecule has 1 saturated heterocycles. The summed E-state index contributed by atoms with van der Waals surface area (Å²) in [6.45, 7) is 2.75. The monoisotopic (exact) mass is 541 g/mol. The summed E-state index contributed by atoms with van der Waals surface area (Å²) in [7, 11) is 0. The van der Waals surface area contributed by atoms with E-state index in [-0.39, 0.29) is 11.7 Å². The van der Waals surface area contributed by atoms with Crippen molar-refractivity contribution >= 4 is 33.4 Å². The number of aromatic amines is 1. The molecule has 0 atom stereocenters. The van der Waals surface area contributed by atoms with Crippen molar-refractivity contribution in [1.82, 2.24) is 24.4 Å². The van der Waals surface area contributed by atoms with Gasteiger partial charge in [-0.05, 0) is 42.7 Å². The number of aromatic nitrogens is 4. The molecule has 0 radical (unpaired) electrons. The van der Waals surface area contributed by atoms with Gasteiger partial charge in [0.1, 0.15) is 0 Å². The molecule has 0 amide bonds. The van der Waals surface area contributed by atoms with Crippen LogP contribution >= 0.6 is 0 Å². The quantitative estimate of drug-likeness (QED) is 0.244. The Labute approximate surface area is 237 Å². The SMILES string of the molecule is Nc1cc2nc(-c3ccccc3)c(-c3ccc(CN4CCC(n5c(=O)[nH]c6ccccc65)CC4)cc3)nc2cc1N. The zero-order chi connectivity index (χ0) is 27.9. The molecule has 8 nitrogen and oxygen atoms in total. The van der Waals surface area contributed by atoms with Gasteiger partial charge in [-0.2, -0.15) is 0 Å². The van der Waals surface area contributed by atoms with Gasteiger partial charge in [0, 0.05) is 36.8 Å². The van der Waals surface area contributed by atoms with E-state index < -0.39 is 0 Å². The number of para-hydroxylation sites is 2. The number of nitrogens with two attached hydrogens (primary N) is 2. The molecule has 5 N–H and O–H groups in total. The number of likely N-dealkylation sites (tertiary alicyclic amines) is 1. The summed E-state index contributed by atoms with van der Waals surface area (Å²) in [5.74, 6) is 0. The van der Waals surface area contributed by atoms with Crippen LogP contribution in [0.2, 0.25) is 0 Å². The van der Waals surface area contributed by atoms with E-state index in [1.807, 2.05) is 59.2 Å². The zero-order valence-electron chi connectivity index (χ0n) is 22.6. The van der Waals surface area contributed by atoms with E-state index in [0.717, 1.165) is 66.0 Å². The third-order valence-corrected chi connectivity index (χ3v) is 8.10.